The van der Waals surface area contributed by atoms with Crippen LogP contribution < -0.4 is 9.47 Å². The van der Waals surface area contributed by atoms with Crippen molar-refractivity contribution in [2.75, 3.05) is 20.3 Å². The Morgan fingerprint density at radius 3 is 2.57 bits per heavy atom. The lowest BCUT2D eigenvalue weighted by atomic mass is 10.1. The van der Waals surface area contributed by atoms with Crippen LogP contribution in [0.25, 0.3) is 0 Å². The summed E-state index contributed by atoms with van der Waals surface area (Å²) in [6, 6.07) is 3.72. The molecule has 0 fully saturated rings. The summed E-state index contributed by atoms with van der Waals surface area (Å²) in [5, 5.41) is 9.43. The number of nitrogens with zero attached hydrogens (tertiary/aromatic N) is 1. The highest BCUT2D eigenvalue weighted by Gasteiger charge is 2.17. The van der Waals surface area contributed by atoms with Gasteiger partial charge < -0.3 is 14.6 Å². The molecule has 1 rings (SSSR count). The molecule has 0 aromatic heterocycles. The predicted octanol–water partition coefficient (Wildman–Crippen LogP) is 3.04. The van der Waals surface area contributed by atoms with Crippen molar-refractivity contribution in [2.24, 2.45) is 0 Å². The van der Waals surface area contributed by atoms with Crippen LogP contribution in [0.2, 0.25) is 5.02 Å². The molecule has 0 radical (unpaired) electrons. The van der Waals surface area contributed by atoms with Crippen LogP contribution in [0.1, 0.15) is 26.3 Å². The maximum absolute atomic E-state index is 10.9. The lowest BCUT2D eigenvalue weighted by Gasteiger charge is -2.25. The molecule has 0 bridgehead atoms. The molecule has 0 aliphatic heterocycles. The summed E-state index contributed by atoms with van der Waals surface area (Å²) in [5.41, 5.74) is 0.884. The van der Waals surface area contributed by atoms with E-state index >= 15 is 0 Å². The van der Waals surface area contributed by atoms with Gasteiger partial charge in [-0.05, 0) is 38.5 Å². The lowest BCUT2D eigenvalue weighted by molar-refractivity contribution is -0.138. The highest BCUT2D eigenvalue weighted by atomic mass is 35.5. The second kappa shape index (κ2) is 8.10. The van der Waals surface area contributed by atoms with Gasteiger partial charge in [-0.1, -0.05) is 11.6 Å². The van der Waals surface area contributed by atoms with Gasteiger partial charge in [-0.15, -0.1) is 0 Å². The van der Waals surface area contributed by atoms with E-state index in [1.807, 2.05) is 31.7 Å². The van der Waals surface area contributed by atoms with Crippen LogP contribution in [0.15, 0.2) is 12.1 Å². The smallest absolute Gasteiger partial charge is 0.317 e. The molecule has 118 valence electrons. The average Bonchev–Trinajstić information content (AvgIpc) is 2.40. The van der Waals surface area contributed by atoms with Crippen LogP contribution in [0, 0.1) is 0 Å². The van der Waals surface area contributed by atoms with Gasteiger partial charge in [0.05, 0.1) is 25.3 Å². The van der Waals surface area contributed by atoms with Crippen LogP contribution in [0.5, 0.6) is 11.5 Å². The largest absolute Gasteiger partial charge is 0.493 e. The quantitative estimate of drug-likeness (QED) is 0.799. The van der Waals surface area contributed by atoms with Crippen LogP contribution in [0.4, 0.5) is 0 Å². The highest BCUT2D eigenvalue weighted by Crippen LogP contribution is 2.36. The Labute approximate surface area is 130 Å². The number of hydrogen-bond donors (Lipinski definition) is 1. The number of carboxylic acids is 1. The Morgan fingerprint density at radius 2 is 2.10 bits per heavy atom. The van der Waals surface area contributed by atoms with E-state index in [9.17, 15) is 4.79 Å². The molecule has 0 atom stereocenters. The molecular formula is C15H22ClNO4. The standard InChI is InChI=1S/C15H22ClNO4/c1-5-21-15-12(16)6-11(7-13(15)20-4)8-17(10(2)3)9-14(18)19/h6-7,10H,5,8-9H2,1-4H3,(H,18,19). The molecule has 1 aromatic rings. The average molecular weight is 316 g/mol. The molecule has 0 saturated heterocycles. The van der Waals surface area contributed by atoms with Gasteiger partial charge >= 0.3 is 5.97 Å². The number of methoxy groups -OCH3 is 1. The van der Waals surface area contributed by atoms with Gasteiger partial charge in [0.15, 0.2) is 11.5 Å². The van der Waals surface area contributed by atoms with E-state index in [0.717, 1.165) is 5.56 Å². The van der Waals surface area contributed by atoms with Crippen LogP contribution in [0.3, 0.4) is 0 Å². The lowest BCUT2D eigenvalue weighted by Crippen LogP contribution is -2.35. The number of halogens is 1. The first kappa shape index (κ1) is 17.6. The summed E-state index contributed by atoms with van der Waals surface area (Å²) < 4.78 is 10.8. The third kappa shape index (κ3) is 5.10. The Bertz CT molecular complexity index is 491. The Morgan fingerprint density at radius 1 is 1.43 bits per heavy atom. The zero-order valence-corrected chi connectivity index (χ0v) is 13.6. The number of carbonyl (C=O) groups is 1. The van der Waals surface area contributed by atoms with E-state index in [1.165, 1.54) is 0 Å². The number of ether oxygens (including phenoxy) is 2. The summed E-state index contributed by atoms with van der Waals surface area (Å²) >= 11 is 6.22. The minimum absolute atomic E-state index is 0.0230. The Balaban J connectivity index is 3.02. The minimum atomic E-state index is -0.854. The third-order valence-corrected chi connectivity index (χ3v) is 3.31. The van der Waals surface area contributed by atoms with Crippen molar-refractivity contribution < 1.29 is 19.4 Å². The van der Waals surface area contributed by atoms with Crippen LogP contribution in [-0.4, -0.2) is 42.3 Å². The maximum Gasteiger partial charge on any atom is 0.317 e. The number of carboxylic acid groups (broad SMARTS) is 1. The summed E-state index contributed by atoms with van der Waals surface area (Å²) in [6.07, 6.45) is 0. The van der Waals surface area contributed by atoms with Gasteiger partial charge in [-0.25, -0.2) is 0 Å². The molecule has 5 nitrogen and oxygen atoms in total. The van der Waals surface area contributed by atoms with Crippen molar-refractivity contribution in [2.45, 2.75) is 33.4 Å². The molecule has 0 unspecified atom stereocenters. The number of hydrogen-bond acceptors (Lipinski definition) is 4. The van der Waals surface area contributed by atoms with E-state index in [1.54, 1.807) is 13.2 Å². The van der Waals surface area contributed by atoms with E-state index in [0.29, 0.717) is 29.7 Å². The Hall–Kier alpha value is -1.46. The van der Waals surface area contributed by atoms with E-state index in [-0.39, 0.29) is 12.6 Å². The van der Waals surface area contributed by atoms with Gasteiger partial charge in [0.25, 0.3) is 0 Å². The van der Waals surface area contributed by atoms with Crippen molar-refractivity contribution in [3.63, 3.8) is 0 Å². The van der Waals surface area contributed by atoms with Crippen molar-refractivity contribution >= 4 is 17.6 Å². The molecule has 0 heterocycles. The van der Waals surface area contributed by atoms with Gasteiger partial charge in [-0.3, -0.25) is 9.69 Å². The fourth-order valence-corrected chi connectivity index (χ4v) is 2.27. The fourth-order valence-electron chi connectivity index (χ4n) is 1.98. The SMILES string of the molecule is CCOc1c(Cl)cc(CN(CC(=O)O)C(C)C)cc1OC. The summed E-state index contributed by atoms with van der Waals surface area (Å²) in [5.74, 6) is 0.214. The summed E-state index contributed by atoms with van der Waals surface area (Å²) in [4.78, 5) is 12.8. The van der Waals surface area contributed by atoms with Gasteiger partial charge in [-0.2, -0.15) is 0 Å². The normalized spacial score (nSPS) is 11.0. The first-order chi connectivity index (χ1) is 9.88. The van der Waals surface area contributed by atoms with Gasteiger partial charge in [0.1, 0.15) is 0 Å². The van der Waals surface area contributed by atoms with Crippen molar-refractivity contribution in [1.82, 2.24) is 4.90 Å². The van der Waals surface area contributed by atoms with Crippen molar-refractivity contribution in [3.05, 3.63) is 22.7 Å². The molecule has 1 N–H and O–H groups in total. The predicted molar refractivity (Wildman–Crippen MR) is 82.4 cm³/mol. The first-order valence-electron chi connectivity index (χ1n) is 6.84. The number of rotatable bonds is 8. The summed E-state index contributed by atoms with van der Waals surface area (Å²) in [6.45, 7) is 6.73. The number of benzene rings is 1. The summed E-state index contributed by atoms with van der Waals surface area (Å²) in [7, 11) is 1.55. The highest BCUT2D eigenvalue weighted by molar-refractivity contribution is 6.32. The molecule has 1 aromatic carbocycles. The zero-order chi connectivity index (χ0) is 16.0. The second-order valence-corrected chi connectivity index (χ2v) is 5.34. The monoisotopic (exact) mass is 315 g/mol. The second-order valence-electron chi connectivity index (χ2n) is 4.93. The maximum atomic E-state index is 10.9. The first-order valence-corrected chi connectivity index (χ1v) is 7.21. The van der Waals surface area contributed by atoms with E-state index < -0.39 is 5.97 Å². The molecule has 0 spiro atoms. The Kier molecular flexibility index (Phi) is 6.78. The molecule has 6 heteroatoms. The van der Waals surface area contributed by atoms with Crippen LogP contribution in [-0.2, 0) is 11.3 Å². The van der Waals surface area contributed by atoms with Crippen molar-refractivity contribution in [1.29, 1.82) is 0 Å². The van der Waals surface area contributed by atoms with Crippen LogP contribution >= 0.6 is 11.6 Å². The molecular weight excluding hydrogens is 294 g/mol. The minimum Gasteiger partial charge on any atom is -0.493 e. The van der Waals surface area contributed by atoms with Gasteiger partial charge in [0.2, 0.25) is 0 Å². The third-order valence-electron chi connectivity index (χ3n) is 3.03. The fraction of sp³-hybridized carbons (Fsp3) is 0.533. The molecule has 0 aliphatic rings. The topological polar surface area (TPSA) is 59.0 Å². The van der Waals surface area contributed by atoms with Gasteiger partial charge in [0, 0.05) is 12.6 Å². The van der Waals surface area contributed by atoms with E-state index in [2.05, 4.69) is 0 Å². The zero-order valence-electron chi connectivity index (χ0n) is 12.9. The molecule has 0 saturated carbocycles. The van der Waals surface area contributed by atoms with Crippen molar-refractivity contribution in [3.8, 4) is 11.5 Å². The molecule has 0 aliphatic carbocycles. The molecule has 0 amide bonds. The number of aliphatic carboxylic acids is 1. The van der Waals surface area contributed by atoms with E-state index in [4.69, 9.17) is 26.2 Å². The molecule has 21 heavy (non-hydrogen) atoms.